The van der Waals surface area contributed by atoms with E-state index in [9.17, 15) is 4.79 Å². The van der Waals surface area contributed by atoms with Crippen LogP contribution in [-0.2, 0) is 4.74 Å². The van der Waals surface area contributed by atoms with E-state index in [4.69, 9.17) is 19.7 Å². The van der Waals surface area contributed by atoms with Gasteiger partial charge in [-0.1, -0.05) is 57.9 Å². The largest absolute Gasteiger partial charge is 0.477 e. The Bertz CT molecular complexity index is 730. The average molecular weight is 493 g/mol. The summed E-state index contributed by atoms with van der Waals surface area (Å²) in [5.41, 5.74) is 0.901. The Morgan fingerprint density at radius 3 is 2.37 bits per heavy atom. The number of pyridine rings is 1. The molecule has 0 amide bonds. The van der Waals surface area contributed by atoms with Gasteiger partial charge in [0.1, 0.15) is 0 Å². The molecule has 1 atom stereocenters. The summed E-state index contributed by atoms with van der Waals surface area (Å²) in [4.78, 5) is 15.1. The summed E-state index contributed by atoms with van der Waals surface area (Å²) in [7, 11) is 0. The van der Waals surface area contributed by atoms with Gasteiger partial charge in [-0.15, -0.1) is 0 Å². The van der Waals surface area contributed by atoms with Crippen molar-refractivity contribution in [1.82, 2.24) is 10.3 Å². The number of carboxylic acids is 1. The second-order valence-electron chi connectivity index (χ2n) is 10.7. The number of hydrogen-bond acceptors (Lipinski definition) is 6. The number of aliphatic hydroxyl groups is 1. The number of aliphatic hydroxyl groups excluding tert-OH is 1. The molecule has 3 rings (SSSR count). The van der Waals surface area contributed by atoms with Crippen molar-refractivity contribution in [3.05, 3.63) is 23.4 Å². The van der Waals surface area contributed by atoms with Gasteiger partial charge in [-0.3, -0.25) is 0 Å². The van der Waals surface area contributed by atoms with E-state index in [1.54, 1.807) is 6.07 Å². The third-order valence-electron chi connectivity index (χ3n) is 6.66. The highest BCUT2D eigenvalue weighted by Gasteiger charge is 2.26. The van der Waals surface area contributed by atoms with E-state index in [-0.39, 0.29) is 23.8 Å². The number of carbonyl (C=O) groups is 1. The standard InChI is InChI=1S/C14H17NO4.C14H31NO/c16-14(17)12-4-3-11(10-5-6-18-8-10)13(15-12)19-7-9-1-2-9;1-4-5-6-7-8-9-10-11-12-15-14(2,3)13-16/h3-4,9-10H,1-2,5-8H2,(H,16,17);15-16H,4-13H2,1-3H3. The molecule has 7 heteroatoms. The number of aromatic nitrogens is 1. The van der Waals surface area contributed by atoms with E-state index in [2.05, 4.69) is 17.2 Å². The van der Waals surface area contributed by atoms with Gasteiger partial charge in [0.2, 0.25) is 5.88 Å². The molecule has 0 spiro atoms. The highest BCUT2D eigenvalue weighted by Crippen LogP contribution is 2.34. The second kappa shape index (κ2) is 16.1. The first-order chi connectivity index (χ1) is 16.9. The minimum Gasteiger partial charge on any atom is -0.477 e. The van der Waals surface area contributed by atoms with Gasteiger partial charge in [0.15, 0.2) is 5.69 Å². The lowest BCUT2D eigenvalue weighted by Gasteiger charge is -2.23. The third-order valence-corrected chi connectivity index (χ3v) is 6.66. The van der Waals surface area contributed by atoms with Crippen LogP contribution in [0.1, 0.15) is 113 Å². The zero-order chi connectivity index (χ0) is 25.5. The Morgan fingerprint density at radius 2 is 1.80 bits per heavy atom. The van der Waals surface area contributed by atoms with E-state index in [1.165, 1.54) is 64.2 Å². The van der Waals surface area contributed by atoms with Crippen molar-refractivity contribution >= 4 is 5.97 Å². The molecule has 0 bridgehead atoms. The molecule has 3 N–H and O–H groups in total. The van der Waals surface area contributed by atoms with Crippen LogP contribution in [0.4, 0.5) is 0 Å². The first-order valence-electron chi connectivity index (χ1n) is 13.7. The summed E-state index contributed by atoms with van der Waals surface area (Å²) in [5, 5.41) is 21.4. The average Bonchev–Trinajstić information content (AvgIpc) is 3.52. The van der Waals surface area contributed by atoms with E-state index in [1.807, 2.05) is 19.9 Å². The molecule has 200 valence electrons. The first-order valence-corrected chi connectivity index (χ1v) is 13.7. The maximum Gasteiger partial charge on any atom is 0.354 e. The molecule has 2 aliphatic rings. The van der Waals surface area contributed by atoms with Gasteiger partial charge in [-0.05, 0) is 58.1 Å². The number of unbranched alkanes of at least 4 members (excludes halogenated alkanes) is 7. The van der Waals surface area contributed by atoms with Gasteiger partial charge < -0.3 is 25.0 Å². The molecule has 2 fully saturated rings. The van der Waals surface area contributed by atoms with Crippen LogP contribution in [0.15, 0.2) is 12.1 Å². The van der Waals surface area contributed by atoms with Crippen molar-refractivity contribution in [3.63, 3.8) is 0 Å². The molecule has 7 nitrogen and oxygen atoms in total. The van der Waals surface area contributed by atoms with E-state index >= 15 is 0 Å². The summed E-state index contributed by atoms with van der Waals surface area (Å²) in [5.74, 6) is 0.334. The Morgan fingerprint density at radius 1 is 1.11 bits per heavy atom. The second-order valence-corrected chi connectivity index (χ2v) is 10.7. The lowest BCUT2D eigenvalue weighted by atomic mass is 9.99. The van der Waals surface area contributed by atoms with Gasteiger partial charge >= 0.3 is 5.97 Å². The molecule has 1 saturated carbocycles. The van der Waals surface area contributed by atoms with Crippen LogP contribution in [-0.4, -0.2) is 59.7 Å². The molecule has 1 aliphatic heterocycles. The summed E-state index contributed by atoms with van der Waals surface area (Å²) in [6.45, 7) is 9.62. The fraction of sp³-hybridized carbons (Fsp3) is 0.786. The molecule has 1 unspecified atom stereocenters. The van der Waals surface area contributed by atoms with Crippen LogP contribution >= 0.6 is 0 Å². The summed E-state index contributed by atoms with van der Waals surface area (Å²) in [6, 6.07) is 3.36. The van der Waals surface area contributed by atoms with Gasteiger partial charge in [0.05, 0.1) is 19.8 Å². The predicted octanol–water partition coefficient (Wildman–Crippen LogP) is 5.56. The highest BCUT2D eigenvalue weighted by molar-refractivity contribution is 5.85. The molecule has 0 aromatic carbocycles. The molecule has 1 aromatic rings. The van der Waals surface area contributed by atoms with Crippen LogP contribution in [0.3, 0.4) is 0 Å². The number of hydrogen-bond donors (Lipinski definition) is 3. The molecule has 35 heavy (non-hydrogen) atoms. The molecule has 2 heterocycles. The molecular formula is C28H48N2O5. The fourth-order valence-corrected chi connectivity index (χ4v) is 4.00. The number of nitrogens with zero attached hydrogens (tertiary/aromatic N) is 1. The number of ether oxygens (including phenoxy) is 2. The topological polar surface area (TPSA) is 101 Å². The van der Waals surface area contributed by atoms with Gasteiger partial charge in [0, 0.05) is 23.6 Å². The Hall–Kier alpha value is -1.70. The zero-order valence-electron chi connectivity index (χ0n) is 22.2. The Kier molecular flexibility index (Phi) is 13.6. The molecule has 1 aromatic heterocycles. The van der Waals surface area contributed by atoms with Crippen LogP contribution in [0, 0.1) is 5.92 Å². The molecule has 1 saturated heterocycles. The van der Waals surface area contributed by atoms with E-state index < -0.39 is 5.97 Å². The fourth-order valence-electron chi connectivity index (χ4n) is 4.00. The lowest BCUT2D eigenvalue weighted by Crippen LogP contribution is -2.43. The van der Waals surface area contributed by atoms with Crippen LogP contribution in [0.5, 0.6) is 5.88 Å². The monoisotopic (exact) mass is 492 g/mol. The smallest absolute Gasteiger partial charge is 0.354 e. The summed E-state index contributed by atoms with van der Waals surface area (Å²) < 4.78 is 11.1. The molecule has 1 aliphatic carbocycles. The van der Waals surface area contributed by atoms with Crippen LogP contribution in [0.25, 0.3) is 0 Å². The molecule has 0 radical (unpaired) electrons. The first kappa shape index (κ1) is 29.5. The zero-order valence-corrected chi connectivity index (χ0v) is 22.2. The van der Waals surface area contributed by atoms with Crippen molar-refractivity contribution in [2.75, 3.05) is 33.0 Å². The van der Waals surface area contributed by atoms with E-state index in [0.717, 1.165) is 25.1 Å². The third kappa shape index (κ3) is 12.2. The number of rotatable bonds is 16. The maximum absolute atomic E-state index is 11.0. The van der Waals surface area contributed by atoms with Crippen LogP contribution in [0.2, 0.25) is 0 Å². The number of nitrogens with one attached hydrogen (secondary N) is 1. The van der Waals surface area contributed by atoms with Crippen molar-refractivity contribution in [2.45, 2.75) is 103 Å². The van der Waals surface area contributed by atoms with Crippen LogP contribution < -0.4 is 10.1 Å². The SMILES string of the molecule is CCCCCCCCCCNC(C)(C)CO.O=C(O)c1ccc(C2CCOC2)c(OCC2CC2)n1. The van der Waals surface area contributed by atoms with E-state index in [0.29, 0.717) is 25.0 Å². The van der Waals surface area contributed by atoms with Crippen molar-refractivity contribution < 1.29 is 24.5 Å². The minimum atomic E-state index is -1.02. The summed E-state index contributed by atoms with van der Waals surface area (Å²) in [6.07, 6.45) is 14.2. The number of aromatic carboxylic acids is 1. The number of carboxylic acid groups (broad SMARTS) is 1. The quantitative estimate of drug-likeness (QED) is 0.260. The van der Waals surface area contributed by atoms with Gasteiger partial charge in [0.25, 0.3) is 0 Å². The highest BCUT2D eigenvalue weighted by atomic mass is 16.5. The summed E-state index contributed by atoms with van der Waals surface area (Å²) >= 11 is 0. The minimum absolute atomic E-state index is 0.0356. The van der Waals surface area contributed by atoms with Gasteiger partial charge in [-0.2, -0.15) is 0 Å². The van der Waals surface area contributed by atoms with Crippen molar-refractivity contribution in [2.24, 2.45) is 5.92 Å². The normalized spacial score (nSPS) is 17.7. The van der Waals surface area contributed by atoms with Crippen molar-refractivity contribution in [1.29, 1.82) is 0 Å². The molecular weight excluding hydrogens is 444 g/mol. The Labute approximate surface area is 212 Å². The van der Waals surface area contributed by atoms with Crippen molar-refractivity contribution in [3.8, 4) is 5.88 Å². The van der Waals surface area contributed by atoms with Gasteiger partial charge in [-0.25, -0.2) is 9.78 Å². The lowest BCUT2D eigenvalue weighted by molar-refractivity contribution is 0.0689. The predicted molar refractivity (Wildman–Crippen MR) is 139 cm³/mol. The maximum atomic E-state index is 11.0. The Balaban J connectivity index is 0.000000252.